The first-order valence-electron chi connectivity index (χ1n) is 10.7. The van der Waals surface area contributed by atoms with E-state index in [0.29, 0.717) is 51.2 Å². The largest absolute Gasteiger partial charge is 0.379 e. The van der Waals surface area contributed by atoms with Crippen LogP contribution >= 0.6 is 0 Å². The van der Waals surface area contributed by atoms with Gasteiger partial charge in [0, 0.05) is 39.5 Å². The molecule has 3 rings (SSSR count). The molecule has 0 radical (unpaired) electrons. The zero-order valence-corrected chi connectivity index (χ0v) is 18.7. The van der Waals surface area contributed by atoms with Gasteiger partial charge in [0.2, 0.25) is 15.9 Å². The van der Waals surface area contributed by atoms with Gasteiger partial charge in [-0.3, -0.25) is 4.79 Å². The topological polar surface area (TPSA) is 93.5 Å². The second-order valence-corrected chi connectivity index (χ2v) is 9.60. The zero-order valence-electron chi connectivity index (χ0n) is 17.9. The summed E-state index contributed by atoms with van der Waals surface area (Å²) >= 11 is 0. The molecule has 1 aliphatic heterocycles. The summed E-state index contributed by atoms with van der Waals surface area (Å²) in [5, 5.41) is 2.96. The monoisotopic (exact) mass is 436 g/mol. The van der Waals surface area contributed by atoms with E-state index in [4.69, 9.17) is 4.74 Å². The second kappa shape index (κ2) is 10.4. The van der Waals surface area contributed by atoms with Crippen molar-refractivity contribution in [2.45, 2.75) is 50.3 Å². The minimum absolute atomic E-state index is 0.0224. The highest BCUT2D eigenvalue weighted by molar-refractivity contribution is 7.89. The lowest BCUT2D eigenvalue weighted by atomic mass is 10.2. The second-order valence-electron chi connectivity index (χ2n) is 7.66. The Hall–Kier alpha value is -1.97. The Morgan fingerprint density at radius 3 is 2.70 bits per heavy atom. The summed E-state index contributed by atoms with van der Waals surface area (Å²) in [6.07, 6.45) is 5.39. The molecule has 2 heterocycles. The van der Waals surface area contributed by atoms with E-state index in [1.54, 1.807) is 18.2 Å². The lowest BCUT2D eigenvalue weighted by Crippen LogP contribution is -2.40. The highest BCUT2D eigenvalue weighted by Crippen LogP contribution is 2.23. The zero-order chi connectivity index (χ0) is 21.6. The third-order valence-corrected chi connectivity index (χ3v) is 7.38. The molecule has 166 valence electrons. The standard InChI is InChI=1S/C21H32N4O4S/c1-3-4-5-6-11-22-21(26)10-9-20-23-18-16-17(7-8-19(18)24(20)2)30(27,28)25-12-14-29-15-13-25/h7-8,16H,3-6,9-15H2,1-2H3,(H,22,26). The first-order chi connectivity index (χ1) is 14.4. The van der Waals surface area contributed by atoms with Crippen LogP contribution in [0.25, 0.3) is 11.0 Å². The molecule has 1 saturated heterocycles. The van der Waals surface area contributed by atoms with Crippen molar-refractivity contribution in [3.8, 4) is 0 Å². The number of aromatic nitrogens is 2. The summed E-state index contributed by atoms with van der Waals surface area (Å²) in [5.41, 5.74) is 1.48. The Bertz CT molecular complexity index is 965. The smallest absolute Gasteiger partial charge is 0.243 e. The fraction of sp³-hybridized carbons (Fsp3) is 0.619. The molecule has 0 aliphatic carbocycles. The fourth-order valence-corrected chi connectivity index (χ4v) is 5.07. The van der Waals surface area contributed by atoms with Crippen LogP contribution in [-0.2, 0) is 33.0 Å². The predicted octanol–water partition coefficient (Wildman–Crippen LogP) is 2.22. The minimum Gasteiger partial charge on any atom is -0.379 e. The number of imidazole rings is 1. The van der Waals surface area contributed by atoms with Gasteiger partial charge in [-0.05, 0) is 24.6 Å². The van der Waals surface area contributed by atoms with Crippen molar-refractivity contribution in [2.75, 3.05) is 32.8 Å². The summed E-state index contributed by atoms with van der Waals surface area (Å²) in [6.45, 7) is 4.43. The van der Waals surface area contributed by atoms with Crippen LogP contribution in [0.15, 0.2) is 23.1 Å². The molecule has 8 nitrogen and oxygen atoms in total. The van der Waals surface area contributed by atoms with Crippen LogP contribution in [0.1, 0.15) is 44.9 Å². The van der Waals surface area contributed by atoms with E-state index >= 15 is 0 Å². The molecule has 0 atom stereocenters. The quantitative estimate of drug-likeness (QED) is 0.577. The van der Waals surface area contributed by atoms with E-state index in [0.717, 1.165) is 24.2 Å². The van der Waals surface area contributed by atoms with E-state index in [1.807, 2.05) is 11.6 Å². The minimum atomic E-state index is -3.56. The van der Waals surface area contributed by atoms with Crippen molar-refractivity contribution in [3.63, 3.8) is 0 Å². The average Bonchev–Trinajstić information content (AvgIpc) is 3.07. The summed E-state index contributed by atoms with van der Waals surface area (Å²) in [4.78, 5) is 16.9. The number of nitrogens with zero attached hydrogens (tertiary/aromatic N) is 3. The molecule has 0 bridgehead atoms. The maximum absolute atomic E-state index is 12.9. The molecule has 1 aromatic carbocycles. The van der Waals surface area contributed by atoms with Crippen LogP contribution in [-0.4, -0.2) is 61.0 Å². The molecule has 1 fully saturated rings. The number of ether oxygens (including phenoxy) is 1. The van der Waals surface area contributed by atoms with Gasteiger partial charge in [0.05, 0.1) is 29.1 Å². The number of aryl methyl sites for hydroxylation is 2. The lowest BCUT2D eigenvalue weighted by molar-refractivity contribution is -0.121. The van der Waals surface area contributed by atoms with Gasteiger partial charge in [-0.25, -0.2) is 13.4 Å². The molecule has 1 aromatic heterocycles. The summed E-state index contributed by atoms with van der Waals surface area (Å²) in [7, 11) is -1.67. The number of carbonyl (C=O) groups is 1. The molecule has 1 N–H and O–H groups in total. The van der Waals surface area contributed by atoms with Crippen molar-refractivity contribution < 1.29 is 17.9 Å². The van der Waals surface area contributed by atoms with Gasteiger partial charge in [-0.15, -0.1) is 0 Å². The number of unbranched alkanes of at least 4 members (excludes halogenated alkanes) is 3. The first kappa shape index (κ1) is 22.7. The van der Waals surface area contributed by atoms with Gasteiger partial charge in [-0.1, -0.05) is 26.2 Å². The first-order valence-corrected chi connectivity index (χ1v) is 12.2. The molecule has 30 heavy (non-hydrogen) atoms. The number of hydrogen-bond acceptors (Lipinski definition) is 5. The molecular weight excluding hydrogens is 404 g/mol. The molecule has 1 aliphatic rings. The van der Waals surface area contributed by atoms with Gasteiger partial charge >= 0.3 is 0 Å². The number of morpholine rings is 1. The lowest BCUT2D eigenvalue weighted by Gasteiger charge is -2.26. The molecule has 1 amide bonds. The number of fused-ring (bicyclic) bond motifs is 1. The van der Waals surface area contributed by atoms with Crippen molar-refractivity contribution in [3.05, 3.63) is 24.0 Å². The fourth-order valence-electron chi connectivity index (χ4n) is 3.64. The molecule has 0 unspecified atom stereocenters. The third kappa shape index (κ3) is 5.39. The summed E-state index contributed by atoms with van der Waals surface area (Å²) in [6, 6.07) is 5.03. The van der Waals surface area contributed by atoms with E-state index < -0.39 is 10.0 Å². The van der Waals surface area contributed by atoms with Crippen molar-refractivity contribution in [1.82, 2.24) is 19.2 Å². The Balaban J connectivity index is 1.65. The average molecular weight is 437 g/mol. The van der Waals surface area contributed by atoms with Crippen molar-refractivity contribution in [2.24, 2.45) is 7.05 Å². The molecular formula is C21H32N4O4S. The number of benzene rings is 1. The van der Waals surface area contributed by atoms with Gasteiger partial charge in [0.15, 0.2) is 0 Å². The maximum Gasteiger partial charge on any atom is 0.243 e. The summed E-state index contributed by atoms with van der Waals surface area (Å²) in [5.74, 6) is 0.793. The number of rotatable bonds is 10. The number of amides is 1. The Morgan fingerprint density at radius 1 is 1.20 bits per heavy atom. The summed E-state index contributed by atoms with van der Waals surface area (Å²) < 4.78 is 34.4. The maximum atomic E-state index is 12.9. The van der Waals surface area contributed by atoms with Crippen LogP contribution < -0.4 is 5.32 Å². The normalized spacial score (nSPS) is 15.5. The Morgan fingerprint density at radius 2 is 1.97 bits per heavy atom. The van der Waals surface area contributed by atoms with Gasteiger partial charge in [-0.2, -0.15) is 4.31 Å². The number of nitrogens with one attached hydrogen (secondary N) is 1. The van der Waals surface area contributed by atoms with Crippen molar-refractivity contribution >= 4 is 27.0 Å². The Labute approximate surface area is 178 Å². The molecule has 2 aromatic rings. The number of sulfonamides is 1. The van der Waals surface area contributed by atoms with E-state index in [-0.39, 0.29) is 10.8 Å². The number of carbonyl (C=O) groups excluding carboxylic acids is 1. The highest BCUT2D eigenvalue weighted by atomic mass is 32.2. The molecule has 0 spiro atoms. The number of hydrogen-bond donors (Lipinski definition) is 1. The van der Waals surface area contributed by atoms with Crippen LogP contribution in [0, 0.1) is 0 Å². The third-order valence-electron chi connectivity index (χ3n) is 5.48. The molecule has 9 heteroatoms. The van der Waals surface area contributed by atoms with E-state index in [1.165, 1.54) is 17.1 Å². The van der Waals surface area contributed by atoms with E-state index in [2.05, 4.69) is 17.2 Å². The predicted molar refractivity (Wildman–Crippen MR) is 116 cm³/mol. The van der Waals surface area contributed by atoms with Gasteiger partial charge in [0.25, 0.3) is 0 Å². The van der Waals surface area contributed by atoms with Crippen LogP contribution in [0.2, 0.25) is 0 Å². The van der Waals surface area contributed by atoms with Crippen molar-refractivity contribution in [1.29, 1.82) is 0 Å². The molecule has 0 saturated carbocycles. The van der Waals surface area contributed by atoms with E-state index in [9.17, 15) is 13.2 Å². The van der Waals surface area contributed by atoms with Gasteiger partial charge in [0.1, 0.15) is 5.82 Å². The SMILES string of the molecule is CCCCCCNC(=O)CCc1nc2cc(S(=O)(=O)N3CCOCC3)ccc2n1C. The van der Waals surface area contributed by atoms with Crippen LogP contribution in [0.4, 0.5) is 0 Å². The Kier molecular flexibility index (Phi) is 7.85. The van der Waals surface area contributed by atoms with Crippen LogP contribution in [0.5, 0.6) is 0 Å². The van der Waals surface area contributed by atoms with Gasteiger partial charge < -0.3 is 14.6 Å². The van der Waals surface area contributed by atoms with Crippen LogP contribution in [0.3, 0.4) is 0 Å². The highest BCUT2D eigenvalue weighted by Gasteiger charge is 2.27.